The zero-order chi connectivity index (χ0) is 22.5. The van der Waals surface area contributed by atoms with E-state index in [-0.39, 0.29) is 25.5 Å². The smallest absolute Gasteiger partial charge is 0.308 e. The Kier molecular flexibility index (Phi) is 6.63. The van der Waals surface area contributed by atoms with Crippen LogP contribution in [-0.2, 0) is 9.59 Å². The lowest BCUT2D eigenvalue weighted by atomic mass is 9.89. The topological polar surface area (TPSA) is 143 Å². The van der Waals surface area contributed by atoms with E-state index in [1.54, 1.807) is 23.1 Å². The summed E-state index contributed by atoms with van der Waals surface area (Å²) in [6.45, 7) is 0.333. The molecule has 1 fully saturated rings. The van der Waals surface area contributed by atoms with Crippen LogP contribution >= 0.6 is 0 Å². The second-order valence-electron chi connectivity index (χ2n) is 6.99. The molecule has 1 saturated heterocycles. The van der Waals surface area contributed by atoms with E-state index in [0.717, 1.165) is 0 Å². The number of hydrogen-bond donors (Lipinski definition) is 3. The lowest BCUT2D eigenvalue weighted by Gasteiger charge is -2.35. The van der Waals surface area contributed by atoms with Crippen molar-refractivity contribution in [2.24, 2.45) is 11.8 Å². The first-order chi connectivity index (χ1) is 14.9. The number of carbonyl (C=O) groups is 2. The van der Waals surface area contributed by atoms with Gasteiger partial charge in [-0.2, -0.15) is 4.98 Å². The van der Waals surface area contributed by atoms with Crippen molar-refractivity contribution in [1.29, 1.82) is 0 Å². The van der Waals surface area contributed by atoms with E-state index in [0.29, 0.717) is 28.8 Å². The van der Waals surface area contributed by atoms with E-state index in [1.165, 1.54) is 27.5 Å². The summed E-state index contributed by atoms with van der Waals surface area (Å²) >= 11 is 0. The Balaban J connectivity index is 1.86. The minimum atomic E-state index is -1.03. The molecule has 3 N–H and O–H groups in total. The van der Waals surface area contributed by atoms with Crippen molar-refractivity contribution in [3.05, 3.63) is 24.4 Å². The number of anilines is 3. The molecule has 11 heteroatoms. The molecule has 31 heavy (non-hydrogen) atoms. The van der Waals surface area contributed by atoms with Crippen LogP contribution in [0.3, 0.4) is 0 Å². The summed E-state index contributed by atoms with van der Waals surface area (Å²) in [4.78, 5) is 33.3. The molecule has 0 spiro atoms. The molecule has 11 nitrogen and oxygen atoms in total. The van der Waals surface area contributed by atoms with Gasteiger partial charge in [0, 0.05) is 37.1 Å². The van der Waals surface area contributed by atoms with Crippen molar-refractivity contribution >= 4 is 29.4 Å². The van der Waals surface area contributed by atoms with Gasteiger partial charge in [-0.25, -0.2) is 4.98 Å². The third-order valence-electron chi connectivity index (χ3n) is 5.03. The Morgan fingerprint density at radius 2 is 1.61 bits per heavy atom. The Morgan fingerprint density at radius 1 is 1.03 bits per heavy atom. The van der Waals surface area contributed by atoms with Crippen LogP contribution in [0.4, 0.5) is 17.5 Å². The molecule has 2 atom stereocenters. The van der Waals surface area contributed by atoms with Crippen LogP contribution in [0.15, 0.2) is 24.4 Å². The van der Waals surface area contributed by atoms with Gasteiger partial charge in [0.15, 0.2) is 11.5 Å². The molecule has 0 amide bonds. The number of ether oxygens (including phenoxy) is 3. The van der Waals surface area contributed by atoms with Gasteiger partial charge in [-0.15, -0.1) is 0 Å². The van der Waals surface area contributed by atoms with E-state index in [9.17, 15) is 19.8 Å². The molecular weight excluding hydrogens is 408 g/mol. The highest BCUT2D eigenvalue weighted by molar-refractivity contribution is 5.76. The Bertz CT molecular complexity index is 921. The summed E-state index contributed by atoms with van der Waals surface area (Å²) < 4.78 is 16.0. The second-order valence-corrected chi connectivity index (χ2v) is 6.99. The van der Waals surface area contributed by atoms with Crippen molar-refractivity contribution in [2.75, 3.05) is 44.6 Å². The van der Waals surface area contributed by atoms with E-state index < -0.39 is 23.8 Å². The molecule has 2 heterocycles. The zero-order valence-corrected chi connectivity index (χ0v) is 17.4. The van der Waals surface area contributed by atoms with Gasteiger partial charge in [-0.05, 0) is 12.5 Å². The van der Waals surface area contributed by atoms with Gasteiger partial charge >= 0.3 is 11.9 Å². The standard InChI is InChI=1S/C20H24N4O7/c1-29-14-7-13(8-15(30-2)17(14)31-3)22-20-21-5-4-16(23-20)24-9-11(18(25)26)6-12(10-24)19(27)28/h4-5,7-8,11-12H,6,9-10H2,1-3H3,(H,25,26)(H,27,28)(H,21,22,23)/t11-,12+. The number of nitrogens with zero attached hydrogens (tertiary/aromatic N) is 3. The van der Waals surface area contributed by atoms with Gasteiger partial charge < -0.3 is 34.6 Å². The fourth-order valence-electron chi connectivity index (χ4n) is 3.51. The summed E-state index contributed by atoms with van der Waals surface area (Å²) in [5.41, 5.74) is 0.581. The zero-order valence-electron chi connectivity index (χ0n) is 17.4. The van der Waals surface area contributed by atoms with Gasteiger partial charge in [0.1, 0.15) is 5.82 Å². The summed E-state index contributed by atoms with van der Waals surface area (Å²) in [5.74, 6) is -1.62. The fourth-order valence-corrected chi connectivity index (χ4v) is 3.51. The summed E-state index contributed by atoms with van der Waals surface area (Å²) in [6, 6.07) is 5.00. The van der Waals surface area contributed by atoms with E-state index in [2.05, 4.69) is 15.3 Å². The number of piperidine rings is 1. The van der Waals surface area contributed by atoms with Crippen LogP contribution in [0, 0.1) is 11.8 Å². The van der Waals surface area contributed by atoms with Crippen LogP contribution in [0.25, 0.3) is 0 Å². The number of hydrogen-bond acceptors (Lipinski definition) is 9. The normalized spacial score (nSPS) is 18.2. The maximum absolute atomic E-state index is 11.5. The number of aliphatic carboxylic acids is 2. The number of carboxylic acids is 2. The second kappa shape index (κ2) is 9.37. The van der Waals surface area contributed by atoms with Crippen LogP contribution in [-0.4, -0.2) is 66.5 Å². The predicted octanol–water partition coefficient (Wildman–Crippen LogP) is 1.86. The van der Waals surface area contributed by atoms with E-state index in [1.807, 2.05) is 0 Å². The number of nitrogens with one attached hydrogen (secondary N) is 1. The molecule has 0 radical (unpaired) electrons. The minimum Gasteiger partial charge on any atom is -0.493 e. The van der Waals surface area contributed by atoms with Crippen molar-refractivity contribution in [1.82, 2.24) is 9.97 Å². The van der Waals surface area contributed by atoms with Crippen LogP contribution in [0.1, 0.15) is 6.42 Å². The summed E-state index contributed by atoms with van der Waals surface area (Å²) in [6.07, 6.45) is 1.60. The Hall–Kier alpha value is -3.76. The highest BCUT2D eigenvalue weighted by Gasteiger charge is 2.35. The first-order valence-electron chi connectivity index (χ1n) is 9.46. The third kappa shape index (κ3) is 4.87. The van der Waals surface area contributed by atoms with Crippen LogP contribution in [0.5, 0.6) is 17.2 Å². The van der Waals surface area contributed by atoms with Gasteiger partial charge in [0.2, 0.25) is 11.7 Å². The largest absolute Gasteiger partial charge is 0.493 e. The van der Waals surface area contributed by atoms with E-state index >= 15 is 0 Å². The molecule has 1 aromatic heterocycles. The first-order valence-corrected chi connectivity index (χ1v) is 9.46. The average Bonchev–Trinajstić information content (AvgIpc) is 2.78. The maximum atomic E-state index is 11.5. The Morgan fingerprint density at radius 3 is 2.10 bits per heavy atom. The molecule has 166 valence electrons. The van der Waals surface area contributed by atoms with Gasteiger partial charge in [0.05, 0.1) is 33.2 Å². The van der Waals surface area contributed by atoms with E-state index in [4.69, 9.17) is 14.2 Å². The lowest BCUT2D eigenvalue weighted by Crippen LogP contribution is -2.46. The quantitative estimate of drug-likeness (QED) is 0.562. The number of methoxy groups -OCH3 is 3. The van der Waals surface area contributed by atoms with Gasteiger partial charge in [0.25, 0.3) is 0 Å². The molecule has 2 aromatic rings. The third-order valence-corrected chi connectivity index (χ3v) is 5.03. The highest BCUT2D eigenvalue weighted by Crippen LogP contribution is 2.40. The fraction of sp³-hybridized carbons (Fsp3) is 0.400. The molecule has 3 rings (SSSR count). The maximum Gasteiger partial charge on any atom is 0.308 e. The van der Waals surface area contributed by atoms with Crippen LogP contribution < -0.4 is 24.4 Å². The molecule has 1 aromatic carbocycles. The first kappa shape index (κ1) is 21.9. The minimum absolute atomic E-state index is 0.0861. The monoisotopic (exact) mass is 432 g/mol. The van der Waals surface area contributed by atoms with Gasteiger partial charge in [-0.3, -0.25) is 9.59 Å². The van der Waals surface area contributed by atoms with Crippen molar-refractivity contribution in [3.63, 3.8) is 0 Å². The van der Waals surface area contributed by atoms with Crippen molar-refractivity contribution in [3.8, 4) is 17.2 Å². The summed E-state index contributed by atoms with van der Waals surface area (Å²) in [7, 11) is 4.52. The Labute approximate surface area is 178 Å². The predicted molar refractivity (Wildman–Crippen MR) is 110 cm³/mol. The molecule has 1 aliphatic heterocycles. The average molecular weight is 432 g/mol. The lowest BCUT2D eigenvalue weighted by molar-refractivity contribution is -0.146. The SMILES string of the molecule is COc1cc(Nc2nccc(N3C[C@H](C(=O)O)C[C@H](C(=O)O)C3)n2)cc(OC)c1OC. The molecule has 0 aliphatic carbocycles. The molecule has 0 saturated carbocycles. The summed E-state index contributed by atoms with van der Waals surface area (Å²) in [5, 5.41) is 21.8. The number of rotatable bonds is 8. The van der Waals surface area contributed by atoms with Crippen molar-refractivity contribution in [2.45, 2.75) is 6.42 Å². The number of aromatic nitrogens is 2. The number of carboxylic acid groups (broad SMARTS) is 2. The van der Waals surface area contributed by atoms with Crippen LogP contribution in [0.2, 0.25) is 0 Å². The molecule has 0 unspecified atom stereocenters. The molecule has 0 bridgehead atoms. The number of benzene rings is 1. The van der Waals surface area contributed by atoms with Gasteiger partial charge in [-0.1, -0.05) is 0 Å². The molecular formula is C20H24N4O7. The molecule has 1 aliphatic rings. The highest BCUT2D eigenvalue weighted by atomic mass is 16.5. The van der Waals surface area contributed by atoms with Crippen molar-refractivity contribution < 1.29 is 34.0 Å².